The van der Waals surface area contributed by atoms with E-state index in [1.54, 1.807) is 30.5 Å². The number of carbonyl (C=O) groups excluding carboxylic acids is 1. The number of ether oxygens (including phenoxy) is 1. The topological polar surface area (TPSA) is 72.3 Å². The number of hydrogen-bond donors (Lipinski definition) is 1. The van der Waals surface area contributed by atoms with Crippen LogP contribution in [0.1, 0.15) is 25.7 Å². The highest BCUT2D eigenvalue weighted by atomic mass is 35.5. The van der Waals surface area contributed by atoms with Crippen LogP contribution in [0.25, 0.3) is 5.69 Å². The monoisotopic (exact) mass is 511 g/mol. The number of para-hydroxylation sites is 1. The molecule has 1 N–H and O–H groups in total. The highest BCUT2D eigenvalue weighted by Crippen LogP contribution is 2.40. The smallest absolute Gasteiger partial charge is 0.415 e. The summed E-state index contributed by atoms with van der Waals surface area (Å²) < 4.78 is 34.7. The normalized spacial score (nSPS) is 21.5. The number of rotatable bonds is 5. The number of benzene rings is 1. The van der Waals surface area contributed by atoms with Crippen LogP contribution in [-0.2, 0) is 4.74 Å². The molecule has 2 aromatic heterocycles. The Hall–Kier alpha value is -2.91. The van der Waals surface area contributed by atoms with E-state index < -0.39 is 17.6 Å². The maximum Gasteiger partial charge on any atom is 0.415 e. The zero-order valence-corrected chi connectivity index (χ0v) is 19.8. The van der Waals surface area contributed by atoms with Crippen molar-refractivity contribution in [3.8, 4) is 5.69 Å². The van der Waals surface area contributed by atoms with Gasteiger partial charge in [0.1, 0.15) is 22.9 Å². The van der Waals surface area contributed by atoms with Crippen LogP contribution >= 0.6 is 24.8 Å². The molecular formula is C23H25Cl2F2N5O2. The fourth-order valence-corrected chi connectivity index (χ4v) is 4.49. The van der Waals surface area contributed by atoms with E-state index in [1.807, 2.05) is 6.07 Å². The third kappa shape index (κ3) is 5.26. The molecule has 34 heavy (non-hydrogen) atoms. The van der Waals surface area contributed by atoms with E-state index in [0.29, 0.717) is 29.7 Å². The second kappa shape index (κ2) is 10.6. The first kappa shape index (κ1) is 25.7. The number of nitrogens with one attached hydrogen (secondary N) is 1. The lowest BCUT2D eigenvalue weighted by atomic mass is 9.78. The molecule has 2 fully saturated rings. The van der Waals surface area contributed by atoms with Gasteiger partial charge in [-0.05, 0) is 49.8 Å². The van der Waals surface area contributed by atoms with E-state index in [1.165, 1.54) is 27.9 Å². The van der Waals surface area contributed by atoms with Crippen LogP contribution in [0.15, 0.2) is 54.9 Å². The number of aromatic nitrogens is 3. The van der Waals surface area contributed by atoms with E-state index in [2.05, 4.69) is 15.4 Å². The molecule has 3 heterocycles. The quantitative estimate of drug-likeness (QED) is 0.465. The second-order valence-corrected chi connectivity index (χ2v) is 8.40. The van der Waals surface area contributed by atoms with Crippen LogP contribution in [0.5, 0.6) is 0 Å². The van der Waals surface area contributed by atoms with Crippen molar-refractivity contribution in [1.82, 2.24) is 14.8 Å². The van der Waals surface area contributed by atoms with Crippen molar-refractivity contribution in [3.05, 3.63) is 66.6 Å². The molecule has 1 spiro atoms. The molecular weight excluding hydrogens is 487 g/mol. The molecule has 1 aliphatic carbocycles. The van der Waals surface area contributed by atoms with Crippen LogP contribution in [-0.4, -0.2) is 39.5 Å². The summed E-state index contributed by atoms with van der Waals surface area (Å²) in [6, 6.07) is 11.2. The fraction of sp³-hybridized carbons (Fsp3) is 0.348. The Balaban J connectivity index is 0.00000162. The van der Waals surface area contributed by atoms with Gasteiger partial charge in [0.25, 0.3) is 0 Å². The largest absolute Gasteiger partial charge is 0.441 e. The molecule has 182 valence electrons. The van der Waals surface area contributed by atoms with Gasteiger partial charge < -0.3 is 10.1 Å². The van der Waals surface area contributed by atoms with Crippen molar-refractivity contribution in [2.45, 2.75) is 31.3 Å². The maximum atomic E-state index is 13.9. The van der Waals surface area contributed by atoms with Crippen LogP contribution < -0.4 is 10.2 Å². The Bertz CT molecular complexity index is 1140. The van der Waals surface area contributed by atoms with E-state index >= 15 is 0 Å². The first-order valence-electron chi connectivity index (χ1n) is 10.7. The van der Waals surface area contributed by atoms with Gasteiger partial charge in [-0.2, -0.15) is 9.49 Å². The van der Waals surface area contributed by atoms with Crippen molar-refractivity contribution in [2.24, 2.45) is 5.92 Å². The third-order valence-electron chi connectivity index (χ3n) is 6.27. The van der Waals surface area contributed by atoms with Crippen molar-refractivity contribution < 1.29 is 18.3 Å². The Morgan fingerprint density at radius 1 is 1.12 bits per heavy atom. The molecule has 1 saturated carbocycles. The molecule has 0 atom stereocenters. The predicted molar refractivity (Wildman–Crippen MR) is 129 cm³/mol. The van der Waals surface area contributed by atoms with Crippen LogP contribution in [0.2, 0.25) is 0 Å². The molecule has 2 aliphatic rings. The zero-order valence-electron chi connectivity index (χ0n) is 18.2. The van der Waals surface area contributed by atoms with Gasteiger partial charge in [0.05, 0.1) is 12.2 Å². The molecule has 1 aliphatic heterocycles. The Labute approximate surface area is 208 Å². The molecule has 1 amide bonds. The molecule has 0 unspecified atom stereocenters. The Morgan fingerprint density at radius 3 is 2.62 bits per heavy atom. The summed E-state index contributed by atoms with van der Waals surface area (Å²) in [6.07, 6.45) is 5.92. The first-order valence-corrected chi connectivity index (χ1v) is 10.7. The number of carbonyl (C=O) groups is 1. The standard InChI is InChI=1S/C23H23F2N5O2.2ClH/c24-18-3-1-2-4-19(18)30-12-8-21(28-30)27-14-16-5-9-23(10-6-16)15-29(22(31)32-23)17-7-11-26-20(25)13-17;;/h1-4,7-8,11-13,16H,5-6,9-10,14-15H2,(H,27,28);2*1H. The lowest BCUT2D eigenvalue weighted by Crippen LogP contribution is -2.39. The molecule has 1 aromatic carbocycles. The molecule has 0 radical (unpaired) electrons. The number of anilines is 2. The van der Waals surface area contributed by atoms with E-state index in [9.17, 15) is 13.6 Å². The molecule has 5 rings (SSSR count). The molecule has 1 saturated heterocycles. The second-order valence-electron chi connectivity index (χ2n) is 8.40. The van der Waals surface area contributed by atoms with Gasteiger partial charge in [0.15, 0.2) is 0 Å². The van der Waals surface area contributed by atoms with Crippen molar-refractivity contribution in [2.75, 3.05) is 23.3 Å². The first-order chi connectivity index (χ1) is 15.5. The van der Waals surface area contributed by atoms with Crippen molar-refractivity contribution in [1.29, 1.82) is 0 Å². The minimum absolute atomic E-state index is 0. The van der Waals surface area contributed by atoms with E-state index in [4.69, 9.17) is 4.74 Å². The number of halogens is 4. The van der Waals surface area contributed by atoms with Crippen LogP contribution in [0.3, 0.4) is 0 Å². The van der Waals surface area contributed by atoms with Gasteiger partial charge in [0.2, 0.25) is 5.95 Å². The summed E-state index contributed by atoms with van der Waals surface area (Å²) in [6.45, 7) is 1.15. The lowest BCUT2D eigenvalue weighted by molar-refractivity contribution is 0.0148. The number of pyridine rings is 1. The third-order valence-corrected chi connectivity index (χ3v) is 6.27. The summed E-state index contributed by atoms with van der Waals surface area (Å²) in [5.74, 6) is 0.148. The van der Waals surface area contributed by atoms with Gasteiger partial charge in [-0.15, -0.1) is 24.8 Å². The number of hydrogen-bond acceptors (Lipinski definition) is 5. The number of amides is 1. The van der Waals surface area contributed by atoms with Crippen LogP contribution in [0, 0.1) is 17.7 Å². The maximum absolute atomic E-state index is 13.9. The molecule has 11 heteroatoms. The summed E-state index contributed by atoms with van der Waals surface area (Å²) in [7, 11) is 0. The molecule has 0 bridgehead atoms. The zero-order chi connectivity index (χ0) is 22.1. The minimum atomic E-state index is -0.622. The van der Waals surface area contributed by atoms with Crippen molar-refractivity contribution >= 4 is 42.4 Å². The molecule has 7 nitrogen and oxygen atoms in total. The van der Waals surface area contributed by atoms with Gasteiger partial charge in [-0.25, -0.2) is 18.9 Å². The Kier molecular flexibility index (Phi) is 7.99. The van der Waals surface area contributed by atoms with Gasteiger partial charge in [-0.3, -0.25) is 4.90 Å². The average molecular weight is 512 g/mol. The lowest BCUT2D eigenvalue weighted by Gasteiger charge is -2.35. The SMILES string of the molecule is Cl.Cl.O=C1OC2(CCC(CNc3ccn(-c4ccccc4F)n3)CC2)CN1c1ccnc(F)c1. The van der Waals surface area contributed by atoms with Gasteiger partial charge in [0, 0.05) is 31.1 Å². The summed E-state index contributed by atoms with van der Waals surface area (Å²) >= 11 is 0. The minimum Gasteiger partial charge on any atom is -0.441 e. The summed E-state index contributed by atoms with van der Waals surface area (Å²) in [5.41, 5.74) is 0.343. The average Bonchev–Trinajstić information content (AvgIpc) is 3.38. The van der Waals surface area contributed by atoms with Gasteiger partial charge in [-0.1, -0.05) is 12.1 Å². The van der Waals surface area contributed by atoms with E-state index in [0.717, 1.165) is 32.2 Å². The highest BCUT2D eigenvalue weighted by molar-refractivity contribution is 5.90. The summed E-state index contributed by atoms with van der Waals surface area (Å²) in [4.78, 5) is 17.4. The van der Waals surface area contributed by atoms with E-state index in [-0.39, 0.29) is 30.6 Å². The highest BCUT2D eigenvalue weighted by Gasteiger charge is 2.47. The molecule has 3 aromatic rings. The fourth-order valence-electron chi connectivity index (χ4n) is 4.49. The van der Waals surface area contributed by atoms with Crippen molar-refractivity contribution in [3.63, 3.8) is 0 Å². The Morgan fingerprint density at radius 2 is 1.88 bits per heavy atom. The van der Waals surface area contributed by atoms with Gasteiger partial charge >= 0.3 is 6.09 Å². The van der Waals surface area contributed by atoms with Crippen LogP contribution in [0.4, 0.5) is 25.1 Å². The number of nitrogens with zero attached hydrogens (tertiary/aromatic N) is 4. The predicted octanol–water partition coefficient (Wildman–Crippen LogP) is 5.39. The summed E-state index contributed by atoms with van der Waals surface area (Å²) in [5, 5.41) is 7.74.